The van der Waals surface area contributed by atoms with Gasteiger partial charge >= 0.3 is 0 Å². The summed E-state index contributed by atoms with van der Waals surface area (Å²) in [4.78, 5) is 2.57. The van der Waals surface area contributed by atoms with Gasteiger partial charge in [-0.05, 0) is 39.8 Å². The van der Waals surface area contributed by atoms with E-state index >= 15 is 0 Å². The molecule has 1 aromatic carbocycles. The first kappa shape index (κ1) is 19.3. The monoisotopic (exact) mass is 352 g/mol. The number of nitrogens with zero attached hydrogens (tertiary/aromatic N) is 2. The van der Waals surface area contributed by atoms with E-state index in [1.807, 2.05) is 0 Å². The number of anilines is 2. The summed E-state index contributed by atoms with van der Waals surface area (Å²) in [6, 6.07) is 3.11. The van der Waals surface area contributed by atoms with Crippen LogP contribution in [0.25, 0.3) is 0 Å². The van der Waals surface area contributed by atoms with Crippen LogP contribution in [0.4, 0.5) is 11.4 Å². The molecule has 1 rings (SSSR count). The minimum Gasteiger partial charge on any atom is -0.374 e. The SMILES string of the molecule is CC(O)N(c1ccc(N(C(C)O)C(C)O)c(Cl)c1Cl)C(C)O. The van der Waals surface area contributed by atoms with E-state index in [0.717, 1.165) is 0 Å². The van der Waals surface area contributed by atoms with Crippen LogP contribution in [0.3, 0.4) is 0 Å². The van der Waals surface area contributed by atoms with E-state index < -0.39 is 24.9 Å². The number of benzene rings is 1. The molecular weight excluding hydrogens is 331 g/mol. The first-order chi connectivity index (χ1) is 10.1. The van der Waals surface area contributed by atoms with Gasteiger partial charge in [0.15, 0.2) is 0 Å². The van der Waals surface area contributed by atoms with Gasteiger partial charge in [-0.25, -0.2) is 0 Å². The lowest BCUT2D eigenvalue weighted by Crippen LogP contribution is -2.41. The Labute approximate surface area is 140 Å². The molecule has 0 saturated heterocycles. The quantitative estimate of drug-likeness (QED) is 0.585. The van der Waals surface area contributed by atoms with Crippen molar-refractivity contribution in [2.45, 2.75) is 52.6 Å². The van der Waals surface area contributed by atoms with E-state index in [1.165, 1.54) is 37.5 Å². The Balaban J connectivity index is 3.39. The topological polar surface area (TPSA) is 87.4 Å². The molecule has 0 fully saturated rings. The highest BCUT2D eigenvalue weighted by Crippen LogP contribution is 2.41. The third kappa shape index (κ3) is 3.95. The molecule has 0 aliphatic carbocycles. The normalized spacial score (nSPS) is 16.8. The van der Waals surface area contributed by atoms with Crippen molar-refractivity contribution < 1.29 is 20.4 Å². The van der Waals surface area contributed by atoms with Gasteiger partial charge in [-0.2, -0.15) is 0 Å². The van der Waals surface area contributed by atoms with E-state index in [1.54, 1.807) is 12.1 Å². The van der Waals surface area contributed by atoms with Crippen molar-refractivity contribution in [1.82, 2.24) is 0 Å². The van der Waals surface area contributed by atoms with Crippen LogP contribution in [-0.2, 0) is 0 Å². The van der Waals surface area contributed by atoms with Crippen LogP contribution < -0.4 is 9.80 Å². The van der Waals surface area contributed by atoms with Crippen molar-refractivity contribution in [3.8, 4) is 0 Å². The predicted octanol–water partition coefficient (Wildman–Crippen LogP) is 1.96. The second-order valence-corrected chi connectivity index (χ2v) is 5.83. The first-order valence-corrected chi connectivity index (χ1v) is 7.62. The molecule has 0 spiro atoms. The van der Waals surface area contributed by atoms with Gasteiger partial charge in [-0.3, -0.25) is 0 Å². The Morgan fingerprint density at radius 3 is 1.09 bits per heavy atom. The Morgan fingerprint density at radius 1 is 0.682 bits per heavy atom. The maximum absolute atomic E-state index is 9.78. The maximum Gasteiger partial charge on any atom is 0.126 e. The van der Waals surface area contributed by atoms with Crippen molar-refractivity contribution >= 4 is 34.6 Å². The minimum absolute atomic E-state index is 0.104. The zero-order valence-electron chi connectivity index (χ0n) is 12.9. The molecule has 0 amide bonds. The van der Waals surface area contributed by atoms with Crippen molar-refractivity contribution in [3.05, 3.63) is 22.2 Å². The van der Waals surface area contributed by atoms with Crippen LogP contribution in [0.15, 0.2) is 12.1 Å². The van der Waals surface area contributed by atoms with Gasteiger partial charge in [0, 0.05) is 0 Å². The molecule has 1 aromatic rings. The molecule has 0 aliphatic rings. The Bertz CT molecular complexity index is 449. The van der Waals surface area contributed by atoms with Gasteiger partial charge in [0.05, 0.1) is 21.4 Å². The average molecular weight is 353 g/mol. The molecule has 0 saturated carbocycles. The molecule has 0 aromatic heterocycles. The first-order valence-electron chi connectivity index (χ1n) is 6.86. The maximum atomic E-state index is 9.78. The summed E-state index contributed by atoms with van der Waals surface area (Å²) in [6.07, 6.45) is -3.93. The number of aliphatic hydroxyl groups is 4. The van der Waals surface area contributed by atoms with Gasteiger partial charge in [0.2, 0.25) is 0 Å². The number of hydrogen-bond donors (Lipinski definition) is 4. The fourth-order valence-electron chi connectivity index (χ4n) is 2.36. The number of hydrogen-bond acceptors (Lipinski definition) is 6. The zero-order chi connectivity index (χ0) is 17.2. The van der Waals surface area contributed by atoms with Gasteiger partial charge in [0.25, 0.3) is 0 Å². The summed E-state index contributed by atoms with van der Waals surface area (Å²) in [6.45, 7) is 5.96. The fourth-order valence-corrected chi connectivity index (χ4v) is 2.87. The van der Waals surface area contributed by atoms with Crippen LogP contribution in [0.2, 0.25) is 10.0 Å². The molecular formula is C14H22Cl2N2O4. The van der Waals surface area contributed by atoms with Gasteiger partial charge in [-0.15, -0.1) is 0 Å². The molecule has 6 nitrogen and oxygen atoms in total. The summed E-state index contributed by atoms with van der Waals surface area (Å²) in [7, 11) is 0. The number of rotatable bonds is 6. The average Bonchev–Trinajstić information content (AvgIpc) is 2.36. The van der Waals surface area contributed by atoms with Crippen LogP contribution in [0.5, 0.6) is 0 Å². The molecule has 0 aliphatic heterocycles. The highest BCUT2D eigenvalue weighted by molar-refractivity contribution is 6.45. The van der Waals surface area contributed by atoms with Crippen LogP contribution in [0, 0.1) is 0 Å². The zero-order valence-corrected chi connectivity index (χ0v) is 14.4. The second-order valence-electron chi connectivity index (χ2n) is 5.07. The van der Waals surface area contributed by atoms with E-state index in [9.17, 15) is 20.4 Å². The summed E-state index contributed by atoms with van der Waals surface area (Å²) in [5, 5.41) is 39.3. The van der Waals surface area contributed by atoms with Crippen molar-refractivity contribution in [2.75, 3.05) is 9.80 Å². The lowest BCUT2D eigenvalue weighted by molar-refractivity contribution is 0.103. The minimum atomic E-state index is -0.982. The molecule has 4 atom stereocenters. The largest absolute Gasteiger partial charge is 0.374 e. The molecule has 0 radical (unpaired) electrons. The molecule has 8 heteroatoms. The molecule has 0 heterocycles. The molecule has 22 heavy (non-hydrogen) atoms. The highest BCUT2D eigenvalue weighted by Gasteiger charge is 2.26. The second kappa shape index (κ2) is 7.68. The number of aliphatic hydroxyl groups excluding tert-OH is 4. The van der Waals surface area contributed by atoms with Crippen molar-refractivity contribution in [1.29, 1.82) is 0 Å². The summed E-state index contributed by atoms with van der Waals surface area (Å²) >= 11 is 12.5. The van der Waals surface area contributed by atoms with Crippen LogP contribution in [0.1, 0.15) is 27.7 Å². The van der Waals surface area contributed by atoms with Gasteiger partial charge in [0.1, 0.15) is 24.9 Å². The number of halogens is 2. The smallest absolute Gasteiger partial charge is 0.126 e. The third-order valence-electron chi connectivity index (χ3n) is 3.21. The van der Waals surface area contributed by atoms with Crippen LogP contribution >= 0.6 is 23.2 Å². The lowest BCUT2D eigenvalue weighted by atomic mass is 10.2. The predicted molar refractivity (Wildman–Crippen MR) is 88.1 cm³/mol. The summed E-state index contributed by atoms with van der Waals surface area (Å²) in [5.41, 5.74) is 0.688. The van der Waals surface area contributed by atoms with E-state index in [2.05, 4.69) is 0 Å². The molecule has 4 unspecified atom stereocenters. The Morgan fingerprint density at radius 2 is 0.909 bits per heavy atom. The van der Waals surface area contributed by atoms with Crippen molar-refractivity contribution in [3.63, 3.8) is 0 Å². The van der Waals surface area contributed by atoms with Crippen LogP contribution in [-0.4, -0.2) is 45.3 Å². The third-order valence-corrected chi connectivity index (χ3v) is 4.07. The molecule has 126 valence electrons. The van der Waals surface area contributed by atoms with Gasteiger partial charge < -0.3 is 30.2 Å². The van der Waals surface area contributed by atoms with E-state index in [4.69, 9.17) is 23.2 Å². The standard InChI is InChI=1S/C14H22Cl2N2O4/c1-7(19)17(8(2)20)11-5-6-12(14(16)13(11)15)18(9(3)21)10(4)22/h5-10,19-22H,1-4H3. The lowest BCUT2D eigenvalue weighted by Gasteiger charge is -2.34. The van der Waals surface area contributed by atoms with E-state index in [0.29, 0.717) is 11.4 Å². The Hall–Kier alpha value is -0.760. The molecule has 0 bridgehead atoms. The van der Waals surface area contributed by atoms with E-state index in [-0.39, 0.29) is 10.0 Å². The Kier molecular flexibility index (Phi) is 6.73. The highest BCUT2D eigenvalue weighted by atomic mass is 35.5. The fraction of sp³-hybridized carbons (Fsp3) is 0.571. The summed E-state index contributed by atoms with van der Waals surface area (Å²) < 4.78 is 0. The van der Waals surface area contributed by atoms with Crippen molar-refractivity contribution in [2.24, 2.45) is 0 Å². The summed E-state index contributed by atoms with van der Waals surface area (Å²) in [5.74, 6) is 0. The molecule has 4 N–H and O–H groups in total. The van der Waals surface area contributed by atoms with Gasteiger partial charge in [-0.1, -0.05) is 23.2 Å².